The Morgan fingerprint density at radius 3 is 2.43 bits per heavy atom. The molecule has 120 valence electrons. The van der Waals surface area contributed by atoms with Crippen molar-refractivity contribution in [1.29, 1.82) is 0 Å². The largest absolute Gasteiger partial charge is 0.385 e. The number of anilines is 1. The van der Waals surface area contributed by atoms with Crippen molar-refractivity contribution in [3.8, 4) is 0 Å². The van der Waals surface area contributed by atoms with Crippen LogP contribution in [0.1, 0.15) is 17.5 Å². The molecule has 0 amide bonds. The second kappa shape index (κ2) is 6.67. The lowest BCUT2D eigenvalue weighted by Gasteiger charge is -2.34. The summed E-state index contributed by atoms with van der Waals surface area (Å²) < 4.78 is 0. The molecule has 0 aliphatic carbocycles. The number of aliphatic imine (C=N–C) groups is 1. The first kappa shape index (κ1) is 15.9. The molecule has 2 heterocycles. The number of hydrogen-bond donors (Lipinski definition) is 2. The topological polar surface area (TPSA) is 50.4 Å². The second-order valence-electron chi connectivity index (χ2n) is 6.18. The number of amidine groups is 1. The van der Waals surface area contributed by atoms with E-state index in [2.05, 4.69) is 54.5 Å². The molecule has 1 unspecified atom stereocenters. The summed E-state index contributed by atoms with van der Waals surface area (Å²) >= 11 is 1.93. The predicted octanol–water partition coefficient (Wildman–Crippen LogP) is 4.28. The third-order valence-corrected chi connectivity index (χ3v) is 5.39. The minimum Gasteiger partial charge on any atom is -0.385 e. The van der Waals surface area contributed by atoms with Crippen LogP contribution < -0.4 is 11.1 Å². The molecule has 1 fully saturated rings. The lowest BCUT2D eigenvalue weighted by atomic mass is 9.95. The summed E-state index contributed by atoms with van der Waals surface area (Å²) in [5, 5.41) is 3.55. The van der Waals surface area contributed by atoms with Gasteiger partial charge in [0.05, 0.1) is 11.4 Å². The molecule has 23 heavy (non-hydrogen) atoms. The Kier molecular flexibility index (Phi) is 4.62. The number of benzene rings is 2. The van der Waals surface area contributed by atoms with E-state index < -0.39 is 0 Å². The van der Waals surface area contributed by atoms with E-state index >= 15 is 0 Å². The van der Waals surface area contributed by atoms with E-state index in [0.717, 1.165) is 35.1 Å². The molecule has 0 aromatic heterocycles. The van der Waals surface area contributed by atoms with Gasteiger partial charge in [0.25, 0.3) is 0 Å². The maximum atomic E-state index is 6.06. The third kappa shape index (κ3) is 3.53. The highest BCUT2D eigenvalue weighted by molar-refractivity contribution is 7.99. The molecule has 0 bridgehead atoms. The SMILES string of the molecule is Cc1cccc(C)c1.NC1=Nc2ccccc2NC12CCSC2. The molecule has 1 atom stereocenters. The molecule has 1 spiro atoms. The van der Waals surface area contributed by atoms with Crippen molar-refractivity contribution in [3.05, 3.63) is 59.7 Å². The van der Waals surface area contributed by atoms with Crippen LogP contribution in [0.15, 0.2) is 53.5 Å². The minimum absolute atomic E-state index is 0.0843. The van der Waals surface area contributed by atoms with Crippen LogP contribution in [-0.4, -0.2) is 22.9 Å². The van der Waals surface area contributed by atoms with Crippen LogP contribution in [0, 0.1) is 13.8 Å². The molecule has 2 aromatic carbocycles. The van der Waals surface area contributed by atoms with Gasteiger partial charge in [-0.2, -0.15) is 11.8 Å². The Morgan fingerprint density at radius 1 is 1.09 bits per heavy atom. The van der Waals surface area contributed by atoms with Gasteiger partial charge < -0.3 is 11.1 Å². The molecular weight excluding hydrogens is 302 g/mol. The van der Waals surface area contributed by atoms with Gasteiger partial charge in [-0.05, 0) is 38.2 Å². The van der Waals surface area contributed by atoms with Crippen LogP contribution in [-0.2, 0) is 0 Å². The highest BCUT2D eigenvalue weighted by Gasteiger charge is 2.40. The van der Waals surface area contributed by atoms with Gasteiger partial charge in [0.2, 0.25) is 0 Å². The Morgan fingerprint density at radius 2 is 1.83 bits per heavy atom. The fourth-order valence-corrected chi connectivity index (χ4v) is 4.26. The average Bonchev–Trinajstić information content (AvgIpc) is 2.98. The van der Waals surface area contributed by atoms with Gasteiger partial charge in [-0.25, -0.2) is 4.99 Å². The predicted molar refractivity (Wildman–Crippen MR) is 102 cm³/mol. The van der Waals surface area contributed by atoms with Crippen LogP contribution in [0.4, 0.5) is 11.4 Å². The lowest BCUT2D eigenvalue weighted by molar-refractivity contribution is 0.680. The van der Waals surface area contributed by atoms with Gasteiger partial charge in [0.1, 0.15) is 11.4 Å². The van der Waals surface area contributed by atoms with Crippen LogP contribution in [0.2, 0.25) is 0 Å². The van der Waals surface area contributed by atoms with Crippen molar-refractivity contribution >= 4 is 29.0 Å². The summed E-state index contributed by atoms with van der Waals surface area (Å²) in [6.45, 7) is 4.21. The molecule has 0 saturated carbocycles. The van der Waals surface area contributed by atoms with Crippen molar-refractivity contribution in [3.63, 3.8) is 0 Å². The molecule has 2 aromatic rings. The van der Waals surface area contributed by atoms with Crippen molar-refractivity contribution in [1.82, 2.24) is 0 Å². The van der Waals surface area contributed by atoms with Crippen LogP contribution in [0.25, 0.3) is 0 Å². The number of aryl methyl sites for hydroxylation is 2. The summed E-state index contributed by atoms with van der Waals surface area (Å²) in [7, 11) is 0. The van der Waals surface area contributed by atoms with Gasteiger partial charge in [-0.3, -0.25) is 0 Å². The van der Waals surface area contributed by atoms with Gasteiger partial charge in [-0.15, -0.1) is 0 Å². The molecule has 4 heteroatoms. The number of para-hydroxylation sites is 2. The monoisotopic (exact) mass is 325 g/mol. The lowest BCUT2D eigenvalue weighted by Crippen LogP contribution is -2.52. The molecule has 0 radical (unpaired) electrons. The number of rotatable bonds is 0. The summed E-state index contributed by atoms with van der Waals surface area (Å²) in [5.74, 6) is 2.92. The molecule has 4 rings (SSSR count). The average molecular weight is 325 g/mol. The van der Waals surface area contributed by atoms with E-state index in [0.29, 0.717) is 0 Å². The number of hydrogen-bond acceptors (Lipinski definition) is 4. The maximum absolute atomic E-state index is 6.06. The smallest absolute Gasteiger partial charge is 0.126 e. The third-order valence-electron chi connectivity index (χ3n) is 4.20. The van der Waals surface area contributed by atoms with Crippen LogP contribution in [0.3, 0.4) is 0 Å². The van der Waals surface area contributed by atoms with E-state index in [-0.39, 0.29) is 5.54 Å². The first-order valence-electron chi connectivity index (χ1n) is 7.92. The minimum atomic E-state index is -0.0843. The zero-order chi connectivity index (χ0) is 16.3. The normalized spacial score (nSPS) is 21.7. The fraction of sp³-hybridized carbons (Fsp3) is 0.316. The fourth-order valence-electron chi connectivity index (χ4n) is 2.91. The highest BCUT2D eigenvalue weighted by Crippen LogP contribution is 2.39. The molecule has 2 aliphatic rings. The zero-order valence-electron chi connectivity index (χ0n) is 13.7. The molecule has 3 N–H and O–H groups in total. The number of thioether (sulfide) groups is 1. The standard InChI is InChI=1S/C11H13N3S.C8H10/c12-10-11(5-6-15-7-11)14-9-4-2-1-3-8(9)13-10;1-7-4-3-5-8(2)6-7/h1-4,14H,5-7H2,(H2,12,13);3-6H,1-2H3. The number of fused-ring (bicyclic) bond motifs is 1. The van der Waals surface area contributed by atoms with Gasteiger partial charge in [-0.1, -0.05) is 47.5 Å². The molecular formula is C19H23N3S. The van der Waals surface area contributed by atoms with Crippen molar-refractivity contribution < 1.29 is 0 Å². The molecule has 1 saturated heterocycles. The quantitative estimate of drug-likeness (QED) is 0.760. The van der Waals surface area contributed by atoms with Crippen LogP contribution in [0.5, 0.6) is 0 Å². The first-order valence-corrected chi connectivity index (χ1v) is 9.07. The second-order valence-corrected chi connectivity index (χ2v) is 7.29. The highest BCUT2D eigenvalue weighted by atomic mass is 32.2. The first-order chi connectivity index (χ1) is 11.1. The molecule has 2 aliphatic heterocycles. The number of nitrogens with zero attached hydrogens (tertiary/aromatic N) is 1. The number of nitrogens with two attached hydrogens (primary N) is 1. The van der Waals surface area contributed by atoms with Crippen molar-refractivity contribution in [2.24, 2.45) is 10.7 Å². The Labute approximate surface area is 142 Å². The summed E-state index contributed by atoms with van der Waals surface area (Å²) in [4.78, 5) is 4.50. The summed E-state index contributed by atoms with van der Waals surface area (Å²) in [6.07, 6.45) is 1.07. The van der Waals surface area contributed by atoms with Gasteiger partial charge in [0.15, 0.2) is 0 Å². The van der Waals surface area contributed by atoms with E-state index in [1.807, 2.05) is 30.0 Å². The van der Waals surface area contributed by atoms with Gasteiger partial charge >= 0.3 is 0 Å². The number of nitrogens with one attached hydrogen (secondary N) is 1. The zero-order valence-corrected chi connectivity index (χ0v) is 14.5. The summed E-state index contributed by atoms with van der Waals surface area (Å²) in [6, 6.07) is 16.5. The maximum Gasteiger partial charge on any atom is 0.126 e. The van der Waals surface area contributed by atoms with Crippen molar-refractivity contribution in [2.75, 3.05) is 16.8 Å². The van der Waals surface area contributed by atoms with Crippen molar-refractivity contribution in [2.45, 2.75) is 25.8 Å². The van der Waals surface area contributed by atoms with E-state index in [1.54, 1.807) is 0 Å². The van der Waals surface area contributed by atoms with E-state index in [9.17, 15) is 0 Å². The van der Waals surface area contributed by atoms with E-state index in [4.69, 9.17) is 5.73 Å². The van der Waals surface area contributed by atoms with Gasteiger partial charge in [0, 0.05) is 5.75 Å². The Hall–Kier alpha value is -1.94. The Bertz CT molecular complexity index is 701. The Balaban J connectivity index is 0.000000166. The summed E-state index contributed by atoms with van der Waals surface area (Å²) in [5.41, 5.74) is 10.7. The molecule has 3 nitrogen and oxygen atoms in total. The van der Waals surface area contributed by atoms with Crippen LogP contribution >= 0.6 is 11.8 Å². The van der Waals surface area contributed by atoms with E-state index in [1.165, 1.54) is 11.1 Å².